The lowest BCUT2D eigenvalue weighted by Crippen LogP contribution is -2.56. The summed E-state index contributed by atoms with van der Waals surface area (Å²) in [5.74, 6) is 1.09. The van der Waals surface area contributed by atoms with Gasteiger partial charge in [-0.2, -0.15) is 12.6 Å². The fourth-order valence-corrected chi connectivity index (χ4v) is 3.68. The summed E-state index contributed by atoms with van der Waals surface area (Å²) in [6.07, 6.45) is 5.24. The molecule has 1 rings (SSSR count). The predicted octanol–water partition coefficient (Wildman–Crippen LogP) is 3.23. The lowest BCUT2D eigenvalue weighted by atomic mass is 9.99. The van der Waals surface area contributed by atoms with Crippen LogP contribution in [-0.4, -0.2) is 65.4 Å². The number of benzene rings is 1. The minimum absolute atomic E-state index is 0.0148. The quantitative estimate of drug-likeness (QED) is 0.216. The Labute approximate surface area is 225 Å². The van der Waals surface area contributed by atoms with E-state index in [-0.39, 0.29) is 31.4 Å². The minimum Gasteiger partial charge on any atom is -0.466 e. The Kier molecular flexibility index (Phi) is 13.0. The van der Waals surface area contributed by atoms with Gasteiger partial charge in [0, 0.05) is 23.9 Å². The van der Waals surface area contributed by atoms with Crippen LogP contribution < -0.4 is 10.6 Å². The molecule has 0 fully saturated rings. The first-order valence-corrected chi connectivity index (χ1v) is 12.9. The highest BCUT2D eigenvalue weighted by Crippen LogP contribution is 2.27. The van der Waals surface area contributed by atoms with Crippen molar-refractivity contribution in [2.75, 3.05) is 18.9 Å². The molecule has 0 aliphatic rings. The van der Waals surface area contributed by atoms with Crippen molar-refractivity contribution in [3.05, 3.63) is 35.4 Å². The summed E-state index contributed by atoms with van der Waals surface area (Å²) in [5, 5.41) is 5.31. The van der Waals surface area contributed by atoms with Gasteiger partial charge >= 0.3 is 12.1 Å². The number of rotatable bonds is 12. The molecule has 0 saturated heterocycles. The number of carbonyl (C=O) groups is 4. The number of nitrogens with zero attached hydrogens (tertiary/aromatic N) is 1. The molecule has 10 heteroatoms. The van der Waals surface area contributed by atoms with Gasteiger partial charge in [-0.05, 0) is 58.7 Å². The topological polar surface area (TPSA) is 114 Å². The molecule has 0 aliphatic carbocycles. The summed E-state index contributed by atoms with van der Waals surface area (Å²) in [6.45, 7) is 10.8. The van der Waals surface area contributed by atoms with Gasteiger partial charge in [0.15, 0.2) is 0 Å². The Morgan fingerprint density at radius 3 is 2.24 bits per heavy atom. The predicted molar refractivity (Wildman–Crippen MR) is 145 cm³/mol. The zero-order valence-electron chi connectivity index (χ0n) is 22.5. The second kappa shape index (κ2) is 15.2. The molecule has 3 atom stereocenters. The van der Waals surface area contributed by atoms with Crippen LogP contribution in [0.1, 0.15) is 71.6 Å². The number of thiol groups is 1. The van der Waals surface area contributed by atoms with Crippen molar-refractivity contribution < 1.29 is 28.7 Å². The van der Waals surface area contributed by atoms with Crippen molar-refractivity contribution in [3.63, 3.8) is 0 Å². The van der Waals surface area contributed by atoms with Gasteiger partial charge in [-0.15, -0.1) is 6.42 Å². The average Bonchev–Trinajstić information content (AvgIpc) is 2.84. The third-order valence-electron chi connectivity index (χ3n) is 5.35. The molecule has 1 aromatic rings. The van der Waals surface area contributed by atoms with Gasteiger partial charge in [-0.1, -0.05) is 25.0 Å². The van der Waals surface area contributed by atoms with Crippen LogP contribution in [0.3, 0.4) is 0 Å². The van der Waals surface area contributed by atoms with Crippen LogP contribution in [-0.2, 0) is 23.9 Å². The highest BCUT2D eigenvalue weighted by atomic mass is 32.1. The van der Waals surface area contributed by atoms with Crippen molar-refractivity contribution in [1.82, 2.24) is 15.5 Å². The van der Waals surface area contributed by atoms with Gasteiger partial charge < -0.3 is 25.0 Å². The summed E-state index contributed by atoms with van der Waals surface area (Å²) >= 11 is 4.27. The maximum absolute atomic E-state index is 13.8. The highest BCUT2D eigenvalue weighted by molar-refractivity contribution is 7.80. The molecule has 2 N–H and O–H groups in total. The van der Waals surface area contributed by atoms with Gasteiger partial charge in [0.25, 0.3) is 0 Å². The molecule has 9 nitrogen and oxygen atoms in total. The Balaban J connectivity index is 3.37. The summed E-state index contributed by atoms with van der Waals surface area (Å²) in [7, 11) is 0. The molecular weight excluding hydrogens is 494 g/mol. The Morgan fingerprint density at radius 2 is 1.76 bits per heavy atom. The number of amides is 3. The molecule has 0 saturated carbocycles. The summed E-state index contributed by atoms with van der Waals surface area (Å²) in [4.78, 5) is 52.9. The first-order valence-electron chi connectivity index (χ1n) is 12.3. The molecular formula is C27H39N3O6S. The van der Waals surface area contributed by atoms with E-state index in [0.717, 1.165) is 0 Å². The third-order valence-corrected chi connectivity index (χ3v) is 5.71. The maximum Gasteiger partial charge on any atom is 0.408 e. The van der Waals surface area contributed by atoms with E-state index in [1.54, 1.807) is 52.0 Å². The van der Waals surface area contributed by atoms with Gasteiger partial charge in [-0.3, -0.25) is 14.4 Å². The second-order valence-corrected chi connectivity index (χ2v) is 9.76. The first-order chi connectivity index (χ1) is 17.4. The molecule has 0 heterocycles. The number of hydrogen-bond donors (Lipinski definition) is 3. The van der Waals surface area contributed by atoms with Crippen LogP contribution >= 0.6 is 12.6 Å². The Morgan fingerprint density at radius 1 is 1.14 bits per heavy atom. The van der Waals surface area contributed by atoms with Crippen LogP contribution in [0.2, 0.25) is 0 Å². The van der Waals surface area contributed by atoms with Crippen LogP contribution in [0, 0.1) is 12.3 Å². The minimum atomic E-state index is -1.06. The molecule has 3 unspecified atom stereocenters. The molecule has 0 bridgehead atoms. The number of carbonyl (C=O) groups excluding carboxylic acids is 4. The van der Waals surface area contributed by atoms with Crippen molar-refractivity contribution in [1.29, 1.82) is 0 Å². The van der Waals surface area contributed by atoms with Crippen molar-refractivity contribution in [2.45, 2.75) is 78.1 Å². The number of terminal acetylenes is 1. The van der Waals surface area contributed by atoms with Crippen LogP contribution in [0.15, 0.2) is 24.3 Å². The van der Waals surface area contributed by atoms with E-state index in [2.05, 4.69) is 29.2 Å². The number of esters is 1. The summed E-state index contributed by atoms with van der Waals surface area (Å²) in [6, 6.07) is 4.25. The second-order valence-electron chi connectivity index (χ2n) is 9.40. The lowest BCUT2D eigenvalue weighted by molar-refractivity contribution is -0.145. The Bertz CT molecular complexity index is 968. The number of hydrogen-bond acceptors (Lipinski definition) is 7. The normalized spacial score (nSPS) is 13.4. The van der Waals surface area contributed by atoms with Crippen molar-refractivity contribution in [3.8, 4) is 12.3 Å². The number of alkyl carbamates (subject to hydrolysis) is 1. The fourth-order valence-electron chi connectivity index (χ4n) is 3.43. The molecule has 0 radical (unpaired) electrons. The standard InChI is InChI=1S/C27H39N3O6S/c1-8-18(4)30(25(33)21(17-37)29-26(34)36-27(5,6)7)23(20-13-11-19(9-2)12-14-20)24(32)28-16-15-22(31)35-10-3/h2,11-14,18,21,23,37H,8,10,15-17H2,1,3-7H3,(H,28,32)(H,29,34). The monoisotopic (exact) mass is 533 g/mol. The van der Waals surface area contributed by atoms with E-state index < -0.39 is 41.6 Å². The van der Waals surface area contributed by atoms with E-state index in [1.165, 1.54) is 4.90 Å². The first kappa shape index (κ1) is 31.8. The SMILES string of the molecule is C#Cc1ccc(C(C(=O)NCCC(=O)OCC)N(C(=O)C(CS)NC(=O)OC(C)(C)C)C(C)CC)cc1. The molecule has 204 valence electrons. The van der Waals surface area contributed by atoms with Crippen molar-refractivity contribution >= 4 is 36.5 Å². The maximum atomic E-state index is 13.8. The van der Waals surface area contributed by atoms with Crippen LogP contribution in [0.5, 0.6) is 0 Å². The van der Waals surface area contributed by atoms with E-state index in [9.17, 15) is 19.2 Å². The number of ether oxygens (including phenoxy) is 2. The smallest absolute Gasteiger partial charge is 0.408 e. The lowest BCUT2D eigenvalue weighted by Gasteiger charge is -2.38. The third kappa shape index (κ3) is 10.4. The van der Waals surface area contributed by atoms with E-state index in [0.29, 0.717) is 17.5 Å². The van der Waals surface area contributed by atoms with Crippen LogP contribution in [0.4, 0.5) is 4.79 Å². The zero-order chi connectivity index (χ0) is 28.2. The average molecular weight is 534 g/mol. The van der Waals surface area contributed by atoms with Crippen LogP contribution in [0.25, 0.3) is 0 Å². The number of nitrogens with one attached hydrogen (secondary N) is 2. The summed E-state index contributed by atoms with van der Waals surface area (Å²) in [5.41, 5.74) is 0.382. The highest BCUT2D eigenvalue weighted by Gasteiger charge is 2.38. The molecule has 37 heavy (non-hydrogen) atoms. The van der Waals surface area contributed by atoms with E-state index in [1.807, 2.05) is 13.8 Å². The van der Waals surface area contributed by atoms with Gasteiger partial charge in [-0.25, -0.2) is 4.79 Å². The zero-order valence-corrected chi connectivity index (χ0v) is 23.4. The molecule has 0 aromatic heterocycles. The molecule has 0 spiro atoms. The molecule has 0 aliphatic heterocycles. The fraction of sp³-hybridized carbons (Fsp3) is 0.556. The largest absolute Gasteiger partial charge is 0.466 e. The van der Waals surface area contributed by atoms with Gasteiger partial charge in [0.2, 0.25) is 11.8 Å². The van der Waals surface area contributed by atoms with Crippen molar-refractivity contribution in [2.24, 2.45) is 0 Å². The molecule has 1 aromatic carbocycles. The van der Waals surface area contributed by atoms with Gasteiger partial charge in [0.1, 0.15) is 17.7 Å². The van der Waals surface area contributed by atoms with E-state index in [4.69, 9.17) is 15.9 Å². The summed E-state index contributed by atoms with van der Waals surface area (Å²) < 4.78 is 10.2. The van der Waals surface area contributed by atoms with E-state index >= 15 is 0 Å². The Hall–Kier alpha value is -3.19. The molecule has 3 amide bonds. The van der Waals surface area contributed by atoms with Gasteiger partial charge in [0.05, 0.1) is 13.0 Å².